The smallest absolute Gasteiger partial charge is 0.187 e. The molecule has 4 heteroatoms. The minimum absolute atomic E-state index is 0.750. The van der Waals surface area contributed by atoms with Gasteiger partial charge < -0.3 is 0 Å². The molecule has 2 aromatic heterocycles. The molecule has 0 amide bonds. The van der Waals surface area contributed by atoms with Crippen molar-refractivity contribution < 1.29 is 0 Å². The first kappa shape index (κ1) is 16.2. The van der Waals surface area contributed by atoms with Gasteiger partial charge in [0.1, 0.15) is 11.3 Å². The maximum atomic E-state index is 4.89. The quantitative estimate of drug-likeness (QED) is 0.401. The molecule has 0 saturated heterocycles. The van der Waals surface area contributed by atoms with E-state index in [0.717, 1.165) is 34.0 Å². The first-order valence-corrected chi connectivity index (χ1v) is 8.65. The Kier molecular flexibility index (Phi) is 4.09. The zero-order valence-corrected chi connectivity index (χ0v) is 15.1. The SMILES string of the molecule is Cc1ccc(-c2nc3c(C)cccn3c2N=Nc2ccccc2)c(C)c1. The Morgan fingerprint density at radius 1 is 0.808 bits per heavy atom. The van der Waals surface area contributed by atoms with E-state index in [1.807, 2.05) is 47.0 Å². The van der Waals surface area contributed by atoms with Gasteiger partial charge in [0.2, 0.25) is 0 Å². The average Bonchev–Trinajstić information content (AvgIpc) is 3.00. The molecule has 0 radical (unpaired) electrons. The molecule has 0 bridgehead atoms. The molecule has 0 fully saturated rings. The number of hydrogen-bond acceptors (Lipinski definition) is 3. The lowest BCUT2D eigenvalue weighted by Crippen LogP contribution is -1.86. The molecule has 0 saturated carbocycles. The molecule has 0 aliphatic carbocycles. The highest BCUT2D eigenvalue weighted by Crippen LogP contribution is 2.35. The summed E-state index contributed by atoms with van der Waals surface area (Å²) in [6.45, 7) is 6.27. The van der Waals surface area contributed by atoms with Gasteiger partial charge >= 0.3 is 0 Å². The fourth-order valence-corrected chi connectivity index (χ4v) is 3.15. The standard InChI is InChI=1S/C22H20N4/c1-15-11-12-19(17(3)14-15)20-22(25-24-18-9-5-4-6-10-18)26-13-7-8-16(2)21(26)23-20/h4-14H,1-3H3. The van der Waals surface area contributed by atoms with Gasteiger partial charge in [0, 0.05) is 11.8 Å². The number of pyridine rings is 1. The predicted octanol–water partition coefficient (Wildman–Crippen LogP) is 6.34. The summed E-state index contributed by atoms with van der Waals surface area (Å²) in [5.74, 6) is 0.750. The lowest BCUT2D eigenvalue weighted by Gasteiger charge is -2.05. The van der Waals surface area contributed by atoms with Crippen LogP contribution in [0.4, 0.5) is 11.5 Å². The van der Waals surface area contributed by atoms with Gasteiger partial charge in [-0.1, -0.05) is 48.0 Å². The van der Waals surface area contributed by atoms with Gasteiger partial charge in [-0.05, 0) is 50.1 Å². The topological polar surface area (TPSA) is 42.0 Å². The number of azo groups is 1. The zero-order chi connectivity index (χ0) is 18.1. The molecule has 0 N–H and O–H groups in total. The molecule has 0 spiro atoms. The Hall–Kier alpha value is -3.27. The maximum absolute atomic E-state index is 4.89. The van der Waals surface area contributed by atoms with E-state index < -0.39 is 0 Å². The molecule has 0 unspecified atom stereocenters. The summed E-state index contributed by atoms with van der Waals surface area (Å²) >= 11 is 0. The normalized spacial score (nSPS) is 11.5. The number of fused-ring (bicyclic) bond motifs is 1. The second-order valence-corrected chi connectivity index (χ2v) is 6.52. The molecule has 2 heterocycles. The van der Waals surface area contributed by atoms with Gasteiger partial charge in [-0.25, -0.2) is 4.98 Å². The molecular weight excluding hydrogens is 320 g/mol. The summed E-state index contributed by atoms with van der Waals surface area (Å²) in [6.07, 6.45) is 1.99. The number of aromatic nitrogens is 2. The van der Waals surface area contributed by atoms with E-state index >= 15 is 0 Å². The summed E-state index contributed by atoms with van der Waals surface area (Å²) in [7, 11) is 0. The van der Waals surface area contributed by atoms with Gasteiger partial charge in [0.05, 0.1) is 5.69 Å². The summed E-state index contributed by atoms with van der Waals surface area (Å²) in [5.41, 5.74) is 7.20. The fourth-order valence-electron chi connectivity index (χ4n) is 3.15. The maximum Gasteiger partial charge on any atom is 0.187 e. The molecule has 26 heavy (non-hydrogen) atoms. The van der Waals surface area contributed by atoms with Gasteiger partial charge in [-0.3, -0.25) is 4.40 Å². The van der Waals surface area contributed by atoms with E-state index in [1.54, 1.807) is 0 Å². The zero-order valence-electron chi connectivity index (χ0n) is 15.1. The van der Waals surface area contributed by atoms with Crippen LogP contribution in [0.25, 0.3) is 16.9 Å². The average molecular weight is 340 g/mol. The Morgan fingerprint density at radius 3 is 2.38 bits per heavy atom. The van der Waals surface area contributed by atoms with Crippen LogP contribution >= 0.6 is 0 Å². The molecule has 4 aromatic rings. The van der Waals surface area contributed by atoms with Crippen molar-refractivity contribution in [2.24, 2.45) is 10.2 Å². The molecule has 0 aliphatic heterocycles. The Morgan fingerprint density at radius 2 is 1.62 bits per heavy atom. The van der Waals surface area contributed by atoms with E-state index in [0.29, 0.717) is 0 Å². The minimum Gasteiger partial charge on any atom is -0.282 e. The van der Waals surface area contributed by atoms with Crippen molar-refractivity contribution in [2.45, 2.75) is 20.8 Å². The number of rotatable bonds is 3. The van der Waals surface area contributed by atoms with E-state index in [4.69, 9.17) is 4.98 Å². The monoisotopic (exact) mass is 340 g/mol. The molecule has 0 aliphatic rings. The summed E-state index contributed by atoms with van der Waals surface area (Å²) in [4.78, 5) is 4.89. The predicted molar refractivity (Wildman–Crippen MR) is 105 cm³/mol. The van der Waals surface area contributed by atoms with Crippen molar-refractivity contribution in [3.63, 3.8) is 0 Å². The lowest BCUT2D eigenvalue weighted by molar-refractivity contribution is 1.10. The summed E-state index contributed by atoms with van der Waals surface area (Å²) in [6, 6.07) is 20.2. The second-order valence-electron chi connectivity index (χ2n) is 6.52. The van der Waals surface area contributed by atoms with Gasteiger partial charge in [0.25, 0.3) is 0 Å². The van der Waals surface area contributed by atoms with Crippen LogP contribution in [-0.2, 0) is 0 Å². The third-order valence-corrected chi connectivity index (χ3v) is 4.47. The highest BCUT2D eigenvalue weighted by molar-refractivity contribution is 5.77. The number of nitrogens with zero attached hydrogens (tertiary/aromatic N) is 4. The Bertz CT molecular complexity index is 1110. The van der Waals surface area contributed by atoms with Crippen LogP contribution < -0.4 is 0 Å². The van der Waals surface area contributed by atoms with Gasteiger partial charge in [0.15, 0.2) is 5.82 Å². The van der Waals surface area contributed by atoms with Crippen LogP contribution in [0, 0.1) is 20.8 Å². The van der Waals surface area contributed by atoms with Crippen molar-refractivity contribution in [1.82, 2.24) is 9.38 Å². The third kappa shape index (κ3) is 2.90. The van der Waals surface area contributed by atoms with Crippen molar-refractivity contribution in [1.29, 1.82) is 0 Å². The first-order valence-electron chi connectivity index (χ1n) is 8.65. The van der Waals surface area contributed by atoms with Crippen LogP contribution in [0.2, 0.25) is 0 Å². The molecule has 128 valence electrons. The number of benzene rings is 2. The highest BCUT2D eigenvalue weighted by Gasteiger charge is 2.16. The lowest BCUT2D eigenvalue weighted by atomic mass is 10.0. The van der Waals surface area contributed by atoms with Crippen LogP contribution in [0.1, 0.15) is 16.7 Å². The van der Waals surface area contributed by atoms with Crippen molar-refractivity contribution in [3.05, 3.63) is 83.6 Å². The number of aryl methyl sites for hydroxylation is 3. The van der Waals surface area contributed by atoms with Crippen LogP contribution in [0.15, 0.2) is 77.1 Å². The number of imidazole rings is 1. The molecule has 4 rings (SSSR count). The van der Waals surface area contributed by atoms with Crippen molar-refractivity contribution >= 4 is 17.2 Å². The van der Waals surface area contributed by atoms with Crippen molar-refractivity contribution in [2.75, 3.05) is 0 Å². The molecule has 0 atom stereocenters. The van der Waals surface area contributed by atoms with Crippen LogP contribution in [0.5, 0.6) is 0 Å². The van der Waals surface area contributed by atoms with E-state index in [2.05, 4.69) is 55.3 Å². The van der Waals surface area contributed by atoms with Crippen LogP contribution in [-0.4, -0.2) is 9.38 Å². The molecule has 4 nitrogen and oxygen atoms in total. The molecular formula is C22H20N4. The van der Waals surface area contributed by atoms with Gasteiger partial charge in [-0.15, -0.1) is 10.2 Å². The third-order valence-electron chi connectivity index (χ3n) is 4.47. The molecule has 2 aromatic carbocycles. The van der Waals surface area contributed by atoms with E-state index in [1.165, 1.54) is 11.1 Å². The Labute approximate surface area is 152 Å². The van der Waals surface area contributed by atoms with E-state index in [-0.39, 0.29) is 0 Å². The minimum atomic E-state index is 0.750. The van der Waals surface area contributed by atoms with Crippen molar-refractivity contribution in [3.8, 4) is 11.3 Å². The van der Waals surface area contributed by atoms with Crippen LogP contribution in [0.3, 0.4) is 0 Å². The number of hydrogen-bond donors (Lipinski definition) is 0. The largest absolute Gasteiger partial charge is 0.282 e. The first-order chi connectivity index (χ1) is 12.6. The summed E-state index contributed by atoms with van der Waals surface area (Å²) < 4.78 is 2.01. The van der Waals surface area contributed by atoms with E-state index in [9.17, 15) is 0 Å². The highest BCUT2D eigenvalue weighted by atomic mass is 15.2. The van der Waals surface area contributed by atoms with Gasteiger partial charge in [-0.2, -0.15) is 0 Å². The fraction of sp³-hybridized carbons (Fsp3) is 0.136. The summed E-state index contributed by atoms with van der Waals surface area (Å²) in [5, 5.41) is 9.00. The Balaban J connectivity index is 1.94. The second kappa shape index (κ2) is 6.56.